The molecule has 1 aromatic heterocycles. The number of ether oxygens (including phenoxy) is 1. The van der Waals surface area contributed by atoms with E-state index in [0.29, 0.717) is 11.6 Å². The number of hydrogen-bond donors (Lipinski definition) is 1. The Kier molecular flexibility index (Phi) is 4.45. The monoisotopic (exact) mass is 271 g/mol. The minimum atomic E-state index is 0.563. The highest BCUT2D eigenvalue weighted by Crippen LogP contribution is 2.26. The third kappa shape index (κ3) is 3.20. The molecule has 106 valence electrons. The fourth-order valence-electron chi connectivity index (χ4n) is 2.05. The maximum Gasteiger partial charge on any atom is 0.219 e. The van der Waals surface area contributed by atoms with Crippen molar-refractivity contribution in [2.24, 2.45) is 0 Å². The summed E-state index contributed by atoms with van der Waals surface area (Å²) < 4.78 is 5.80. The van der Waals surface area contributed by atoms with Crippen molar-refractivity contribution in [3.63, 3.8) is 0 Å². The summed E-state index contributed by atoms with van der Waals surface area (Å²) in [6.45, 7) is 8.17. The van der Waals surface area contributed by atoms with Gasteiger partial charge in [-0.1, -0.05) is 6.07 Å². The Balaban J connectivity index is 2.21. The lowest BCUT2D eigenvalue weighted by atomic mass is 10.2. The van der Waals surface area contributed by atoms with Gasteiger partial charge < -0.3 is 15.4 Å². The van der Waals surface area contributed by atoms with Crippen LogP contribution in [0.5, 0.6) is 11.6 Å². The summed E-state index contributed by atoms with van der Waals surface area (Å²) in [6, 6.07) is 9.88. The zero-order valence-corrected chi connectivity index (χ0v) is 12.3. The van der Waals surface area contributed by atoms with Gasteiger partial charge in [-0.15, -0.1) is 0 Å². The third-order valence-electron chi connectivity index (χ3n) is 3.29. The van der Waals surface area contributed by atoms with E-state index in [9.17, 15) is 0 Å². The second-order valence-electron chi connectivity index (χ2n) is 4.65. The van der Waals surface area contributed by atoms with Gasteiger partial charge in [-0.25, -0.2) is 4.98 Å². The maximum absolute atomic E-state index is 5.80. The number of aryl methyl sites for hydroxylation is 1. The van der Waals surface area contributed by atoms with E-state index < -0.39 is 0 Å². The SMILES string of the molecule is CCN(CC)c1cccc(Oc2cc(C)c(N)cn2)c1. The van der Waals surface area contributed by atoms with Gasteiger partial charge in [0.05, 0.1) is 11.9 Å². The first kappa shape index (κ1) is 14.2. The average molecular weight is 271 g/mol. The molecule has 0 fully saturated rings. The molecule has 1 aromatic carbocycles. The van der Waals surface area contributed by atoms with E-state index >= 15 is 0 Å². The topological polar surface area (TPSA) is 51.4 Å². The number of anilines is 2. The molecule has 4 heteroatoms. The quantitative estimate of drug-likeness (QED) is 0.902. The van der Waals surface area contributed by atoms with Crippen LogP contribution in [0.3, 0.4) is 0 Å². The normalized spacial score (nSPS) is 10.3. The molecule has 1 heterocycles. The van der Waals surface area contributed by atoms with E-state index in [1.807, 2.05) is 31.2 Å². The van der Waals surface area contributed by atoms with Crippen LogP contribution in [0.15, 0.2) is 36.5 Å². The number of nitrogens with two attached hydrogens (primary N) is 1. The lowest BCUT2D eigenvalue weighted by Crippen LogP contribution is -2.21. The highest BCUT2D eigenvalue weighted by molar-refractivity contribution is 5.51. The van der Waals surface area contributed by atoms with Crippen LogP contribution < -0.4 is 15.4 Å². The molecule has 0 aliphatic carbocycles. The van der Waals surface area contributed by atoms with E-state index in [4.69, 9.17) is 10.5 Å². The average Bonchev–Trinajstić information content (AvgIpc) is 2.45. The van der Waals surface area contributed by atoms with Crippen LogP contribution in [0.1, 0.15) is 19.4 Å². The zero-order valence-electron chi connectivity index (χ0n) is 12.3. The molecule has 4 nitrogen and oxygen atoms in total. The molecule has 0 atom stereocenters. The molecule has 20 heavy (non-hydrogen) atoms. The van der Waals surface area contributed by atoms with Gasteiger partial charge in [0.25, 0.3) is 0 Å². The van der Waals surface area contributed by atoms with Gasteiger partial charge in [-0.05, 0) is 38.5 Å². The Morgan fingerprint density at radius 1 is 1.20 bits per heavy atom. The van der Waals surface area contributed by atoms with Crippen LogP contribution >= 0.6 is 0 Å². The standard InChI is InChI=1S/C16H21N3O/c1-4-19(5-2)13-7-6-8-14(10-13)20-16-9-12(3)15(17)11-18-16/h6-11H,4-5,17H2,1-3H3. The first-order valence-corrected chi connectivity index (χ1v) is 6.89. The van der Waals surface area contributed by atoms with Crippen molar-refractivity contribution in [1.82, 2.24) is 4.98 Å². The molecule has 0 unspecified atom stereocenters. The molecule has 0 amide bonds. The summed E-state index contributed by atoms with van der Waals surface area (Å²) in [6.07, 6.45) is 1.62. The van der Waals surface area contributed by atoms with Gasteiger partial charge in [0.2, 0.25) is 5.88 Å². The molecule has 2 rings (SSSR count). The summed E-state index contributed by atoms with van der Waals surface area (Å²) in [7, 11) is 0. The van der Waals surface area contributed by atoms with Crippen LogP contribution in [-0.2, 0) is 0 Å². The summed E-state index contributed by atoms with van der Waals surface area (Å²) in [4.78, 5) is 6.46. The zero-order chi connectivity index (χ0) is 14.5. The molecule has 0 spiro atoms. The summed E-state index contributed by atoms with van der Waals surface area (Å²) >= 11 is 0. The van der Waals surface area contributed by atoms with Crippen molar-refractivity contribution in [2.45, 2.75) is 20.8 Å². The lowest BCUT2D eigenvalue weighted by molar-refractivity contribution is 0.462. The molecule has 0 aliphatic rings. The van der Waals surface area contributed by atoms with Gasteiger partial charge in [-0.2, -0.15) is 0 Å². The van der Waals surface area contributed by atoms with Crippen molar-refractivity contribution in [2.75, 3.05) is 23.7 Å². The second kappa shape index (κ2) is 6.28. The first-order chi connectivity index (χ1) is 9.63. The fourth-order valence-corrected chi connectivity index (χ4v) is 2.05. The van der Waals surface area contributed by atoms with E-state index in [-0.39, 0.29) is 0 Å². The van der Waals surface area contributed by atoms with E-state index in [2.05, 4.69) is 29.8 Å². The molecule has 0 aliphatic heterocycles. The smallest absolute Gasteiger partial charge is 0.219 e. The number of hydrogen-bond acceptors (Lipinski definition) is 4. The number of pyridine rings is 1. The highest BCUT2D eigenvalue weighted by atomic mass is 16.5. The number of rotatable bonds is 5. The maximum atomic E-state index is 5.80. The lowest BCUT2D eigenvalue weighted by Gasteiger charge is -2.21. The minimum absolute atomic E-state index is 0.563. The van der Waals surface area contributed by atoms with Crippen molar-refractivity contribution in [3.8, 4) is 11.6 Å². The van der Waals surface area contributed by atoms with Gasteiger partial charge >= 0.3 is 0 Å². The van der Waals surface area contributed by atoms with E-state index in [1.54, 1.807) is 6.20 Å². The molecule has 0 radical (unpaired) electrons. The van der Waals surface area contributed by atoms with E-state index in [0.717, 1.165) is 30.1 Å². The molecule has 0 saturated heterocycles. The largest absolute Gasteiger partial charge is 0.439 e. The molecule has 0 bridgehead atoms. The van der Waals surface area contributed by atoms with E-state index in [1.165, 1.54) is 0 Å². The summed E-state index contributed by atoms with van der Waals surface area (Å²) in [5.74, 6) is 1.35. The number of aromatic nitrogens is 1. The number of nitrogens with zero attached hydrogens (tertiary/aromatic N) is 2. The van der Waals surface area contributed by atoms with Gasteiger partial charge in [0.15, 0.2) is 0 Å². The molecule has 2 N–H and O–H groups in total. The summed E-state index contributed by atoms with van der Waals surface area (Å²) in [5, 5.41) is 0. The molecule has 2 aromatic rings. The Morgan fingerprint density at radius 3 is 2.60 bits per heavy atom. The van der Waals surface area contributed by atoms with Crippen LogP contribution in [0.25, 0.3) is 0 Å². The molecular weight excluding hydrogens is 250 g/mol. The predicted octanol–water partition coefficient (Wildman–Crippen LogP) is 3.61. The van der Waals surface area contributed by atoms with Gasteiger partial charge in [0, 0.05) is 30.9 Å². The first-order valence-electron chi connectivity index (χ1n) is 6.89. The molecule has 0 saturated carbocycles. The van der Waals surface area contributed by atoms with Gasteiger partial charge in [0.1, 0.15) is 5.75 Å². The number of benzene rings is 1. The van der Waals surface area contributed by atoms with Crippen LogP contribution in [0, 0.1) is 6.92 Å². The Hall–Kier alpha value is -2.23. The predicted molar refractivity (Wildman–Crippen MR) is 83.5 cm³/mol. The second-order valence-corrected chi connectivity index (χ2v) is 4.65. The van der Waals surface area contributed by atoms with Crippen molar-refractivity contribution in [3.05, 3.63) is 42.1 Å². The Morgan fingerprint density at radius 2 is 1.95 bits per heavy atom. The number of nitrogen functional groups attached to an aromatic ring is 1. The van der Waals surface area contributed by atoms with Crippen LogP contribution in [0.4, 0.5) is 11.4 Å². The minimum Gasteiger partial charge on any atom is -0.439 e. The van der Waals surface area contributed by atoms with Crippen molar-refractivity contribution in [1.29, 1.82) is 0 Å². The van der Waals surface area contributed by atoms with Gasteiger partial charge in [-0.3, -0.25) is 0 Å². The van der Waals surface area contributed by atoms with Crippen molar-refractivity contribution < 1.29 is 4.74 Å². The van der Waals surface area contributed by atoms with Crippen LogP contribution in [-0.4, -0.2) is 18.1 Å². The Bertz CT molecular complexity index is 580. The summed E-state index contributed by atoms with van der Waals surface area (Å²) in [5.41, 5.74) is 8.55. The molecular formula is C16H21N3O. The Labute approximate surface area is 120 Å². The van der Waals surface area contributed by atoms with Crippen molar-refractivity contribution >= 4 is 11.4 Å². The highest BCUT2D eigenvalue weighted by Gasteiger charge is 2.05. The van der Waals surface area contributed by atoms with Crippen LogP contribution in [0.2, 0.25) is 0 Å². The fraction of sp³-hybridized carbons (Fsp3) is 0.312. The third-order valence-corrected chi connectivity index (χ3v) is 3.29.